The number of nitrogens with one attached hydrogen (secondary N) is 2. The molecule has 0 saturated heterocycles. The van der Waals surface area contributed by atoms with E-state index in [4.69, 9.17) is 10.7 Å². The highest BCUT2D eigenvalue weighted by Gasteiger charge is 2.02. The molecule has 5 nitrogen and oxygen atoms in total. The number of hydrogen-bond acceptors (Lipinski definition) is 6. The smallest absolute Gasteiger partial charge is 0.208 e. The number of halogens is 1. The summed E-state index contributed by atoms with van der Waals surface area (Å²) in [6, 6.07) is 0. The maximum atomic E-state index is 13.7. The molecule has 0 radical (unpaired) electrons. The van der Waals surface area contributed by atoms with Crippen molar-refractivity contribution in [3.8, 4) is 0 Å². The van der Waals surface area contributed by atoms with E-state index in [1.165, 1.54) is 23.5 Å². The minimum Gasteiger partial charge on any atom is -0.402 e. The molecule has 0 spiro atoms. The fraction of sp³-hybridized carbons (Fsp3) is 0.182. The summed E-state index contributed by atoms with van der Waals surface area (Å²) < 4.78 is 13.7. The highest BCUT2D eigenvalue weighted by atomic mass is 32.1. The Morgan fingerprint density at radius 2 is 2.39 bits per heavy atom. The van der Waals surface area contributed by atoms with Crippen molar-refractivity contribution in [2.45, 2.75) is 13.8 Å². The van der Waals surface area contributed by atoms with Crippen LogP contribution in [0, 0.1) is 0 Å². The highest BCUT2D eigenvalue weighted by Crippen LogP contribution is 2.11. The van der Waals surface area contributed by atoms with Crippen molar-refractivity contribution in [3.63, 3.8) is 0 Å². The van der Waals surface area contributed by atoms with E-state index in [2.05, 4.69) is 15.9 Å². The molecule has 0 aliphatic rings. The van der Waals surface area contributed by atoms with E-state index in [1.807, 2.05) is 0 Å². The number of allylic oxidation sites excluding steroid dienone is 5. The van der Waals surface area contributed by atoms with E-state index >= 15 is 0 Å². The van der Waals surface area contributed by atoms with Crippen molar-refractivity contribution in [2.75, 3.05) is 5.48 Å². The second-order valence-corrected chi connectivity index (χ2v) is 4.19. The maximum absolute atomic E-state index is 13.7. The van der Waals surface area contributed by atoms with Crippen LogP contribution in [0.5, 0.6) is 0 Å². The predicted octanol–water partition coefficient (Wildman–Crippen LogP) is 2.61. The van der Waals surface area contributed by atoms with Gasteiger partial charge in [0.2, 0.25) is 5.13 Å². The van der Waals surface area contributed by atoms with Gasteiger partial charge in [0.15, 0.2) is 0 Å². The van der Waals surface area contributed by atoms with Crippen LogP contribution in [0.25, 0.3) is 0 Å². The minimum atomic E-state index is -0.519. The molecule has 1 rings (SSSR count). The molecule has 1 aromatic heterocycles. The monoisotopic (exact) mass is 270 g/mol. The van der Waals surface area contributed by atoms with Gasteiger partial charge in [-0.3, -0.25) is 0 Å². The largest absolute Gasteiger partial charge is 0.402 e. The molecule has 0 unspecified atom stereocenters. The lowest BCUT2D eigenvalue weighted by Crippen LogP contribution is -2.18. The third-order valence-corrected chi connectivity index (χ3v) is 2.35. The van der Waals surface area contributed by atoms with Crippen LogP contribution < -0.4 is 16.7 Å². The summed E-state index contributed by atoms with van der Waals surface area (Å²) in [6.45, 7) is 3.36. The molecule has 0 bridgehead atoms. The van der Waals surface area contributed by atoms with Gasteiger partial charge in [-0.1, -0.05) is 6.08 Å². The van der Waals surface area contributed by atoms with E-state index in [-0.39, 0.29) is 5.70 Å². The third kappa shape index (κ3) is 4.98. The van der Waals surface area contributed by atoms with Crippen molar-refractivity contribution >= 4 is 16.5 Å². The number of thiazole rings is 1. The summed E-state index contributed by atoms with van der Waals surface area (Å²) in [7, 11) is 0. The molecule has 0 amide bonds. The Morgan fingerprint density at radius 3 is 2.94 bits per heavy atom. The van der Waals surface area contributed by atoms with Crippen LogP contribution in [0.1, 0.15) is 13.8 Å². The zero-order valence-corrected chi connectivity index (χ0v) is 10.9. The summed E-state index contributed by atoms with van der Waals surface area (Å²) >= 11 is 1.36. The molecular weight excluding hydrogens is 255 g/mol. The van der Waals surface area contributed by atoms with Crippen LogP contribution in [-0.4, -0.2) is 4.98 Å². The summed E-state index contributed by atoms with van der Waals surface area (Å²) in [4.78, 5) is 8.86. The highest BCUT2D eigenvalue weighted by molar-refractivity contribution is 7.13. The Hall–Kier alpha value is -1.86. The lowest BCUT2D eigenvalue weighted by atomic mass is 10.3. The van der Waals surface area contributed by atoms with Gasteiger partial charge in [-0.25, -0.2) is 20.3 Å². The molecule has 7 heteroatoms. The maximum Gasteiger partial charge on any atom is 0.208 e. The number of nitrogens with zero attached hydrogens (tertiary/aromatic N) is 1. The average molecular weight is 270 g/mol. The van der Waals surface area contributed by atoms with Gasteiger partial charge in [-0.05, 0) is 26.0 Å². The summed E-state index contributed by atoms with van der Waals surface area (Å²) in [5.74, 6) is -0.519. The summed E-state index contributed by atoms with van der Waals surface area (Å²) in [5.41, 5.74) is 10.9. The molecule has 0 saturated carbocycles. The molecule has 0 aromatic carbocycles. The predicted molar refractivity (Wildman–Crippen MR) is 70.8 cm³/mol. The van der Waals surface area contributed by atoms with Gasteiger partial charge in [-0.2, -0.15) is 4.94 Å². The first-order valence-electron chi connectivity index (χ1n) is 5.17. The molecule has 0 aliphatic carbocycles. The summed E-state index contributed by atoms with van der Waals surface area (Å²) in [6.07, 6.45) is 6.03. The lowest BCUT2D eigenvalue weighted by Gasteiger charge is -2.07. The van der Waals surface area contributed by atoms with Crippen LogP contribution in [0.3, 0.4) is 0 Å². The zero-order valence-electron chi connectivity index (χ0n) is 10.1. The van der Waals surface area contributed by atoms with E-state index in [0.717, 1.165) is 0 Å². The number of rotatable bonds is 6. The number of nitrogens with two attached hydrogens (primary N) is 1. The first kappa shape index (κ1) is 14.2. The van der Waals surface area contributed by atoms with Crippen molar-refractivity contribution in [2.24, 2.45) is 5.73 Å². The SMILES string of the molecule is C\C=C/C(NONc1nccs1)=C(F)/C=C(\C)N. The van der Waals surface area contributed by atoms with Crippen LogP contribution in [0.2, 0.25) is 0 Å². The first-order chi connectivity index (χ1) is 8.63. The minimum absolute atomic E-state index is 0.159. The number of hydrogen-bond donors (Lipinski definition) is 3. The standard InChI is InChI=1S/C11H15FN4OS/c1-3-4-10(9(12)7-8(2)13)15-17-16-11-14-5-6-18-11/h3-7,15H,13H2,1-2H3,(H,14,16)/b4-3-,8-7+,10-9+. The van der Waals surface area contributed by atoms with Gasteiger partial charge >= 0.3 is 0 Å². The fourth-order valence-corrected chi connectivity index (χ4v) is 1.47. The molecule has 4 N–H and O–H groups in total. The second kappa shape index (κ2) is 7.46. The van der Waals surface area contributed by atoms with Crippen LogP contribution in [0.15, 0.2) is 47.0 Å². The summed E-state index contributed by atoms with van der Waals surface area (Å²) in [5, 5.41) is 2.35. The second-order valence-electron chi connectivity index (χ2n) is 3.29. The van der Waals surface area contributed by atoms with Crippen molar-refractivity contribution in [1.82, 2.24) is 10.5 Å². The lowest BCUT2D eigenvalue weighted by molar-refractivity contribution is 0.115. The van der Waals surface area contributed by atoms with Crippen LogP contribution in [0.4, 0.5) is 9.52 Å². The van der Waals surface area contributed by atoms with Gasteiger partial charge in [0.05, 0.1) is 5.70 Å². The first-order valence-corrected chi connectivity index (χ1v) is 6.05. The molecule has 0 aliphatic heterocycles. The molecule has 0 fully saturated rings. The molecule has 1 heterocycles. The van der Waals surface area contributed by atoms with E-state index in [0.29, 0.717) is 10.8 Å². The number of anilines is 1. The van der Waals surface area contributed by atoms with Gasteiger partial charge < -0.3 is 5.73 Å². The van der Waals surface area contributed by atoms with Gasteiger partial charge in [0.25, 0.3) is 0 Å². The Kier molecular flexibility index (Phi) is 5.89. The molecule has 18 heavy (non-hydrogen) atoms. The topological polar surface area (TPSA) is 72.2 Å². The number of hydroxylamine groups is 1. The molecule has 1 aromatic rings. The Bertz CT molecular complexity index is 450. The zero-order chi connectivity index (χ0) is 13.4. The van der Waals surface area contributed by atoms with Crippen molar-refractivity contribution < 1.29 is 9.33 Å². The van der Waals surface area contributed by atoms with Crippen LogP contribution >= 0.6 is 11.3 Å². The van der Waals surface area contributed by atoms with Gasteiger partial charge in [-0.15, -0.1) is 11.3 Å². The Labute approximate surface area is 109 Å². The van der Waals surface area contributed by atoms with E-state index in [9.17, 15) is 4.39 Å². The fourth-order valence-electron chi connectivity index (χ4n) is 1.00. The van der Waals surface area contributed by atoms with E-state index in [1.54, 1.807) is 31.5 Å². The van der Waals surface area contributed by atoms with Crippen LogP contribution in [-0.2, 0) is 4.94 Å². The van der Waals surface area contributed by atoms with Gasteiger partial charge in [0.1, 0.15) is 5.83 Å². The number of aromatic nitrogens is 1. The normalized spacial score (nSPS) is 13.6. The van der Waals surface area contributed by atoms with Gasteiger partial charge in [0, 0.05) is 17.3 Å². The molecule has 0 atom stereocenters. The molecular formula is C11H15FN4OS. The third-order valence-electron chi connectivity index (χ3n) is 1.68. The van der Waals surface area contributed by atoms with E-state index < -0.39 is 5.83 Å². The molecule has 98 valence electrons. The van der Waals surface area contributed by atoms with Crippen molar-refractivity contribution in [1.29, 1.82) is 0 Å². The Morgan fingerprint density at radius 1 is 1.61 bits per heavy atom. The quantitative estimate of drug-likeness (QED) is 0.547. The Balaban J connectivity index is 2.61. The van der Waals surface area contributed by atoms with Crippen molar-refractivity contribution in [3.05, 3.63) is 47.0 Å². The average Bonchev–Trinajstić information content (AvgIpc) is 2.80.